The van der Waals surface area contributed by atoms with Crippen molar-refractivity contribution in [2.24, 2.45) is 5.73 Å². The van der Waals surface area contributed by atoms with E-state index < -0.39 is 72.6 Å². The van der Waals surface area contributed by atoms with Gasteiger partial charge in [0.05, 0.1) is 12.5 Å². The molecule has 3 rings (SSSR count). The largest absolute Gasteiger partial charge is 0.481 e. The summed E-state index contributed by atoms with van der Waals surface area (Å²) in [5, 5.41) is 35.9. The van der Waals surface area contributed by atoms with Crippen LogP contribution in [-0.4, -0.2) is 80.1 Å². The van der Waals surface area contributed by atoms with Gasteiger partial charge in [0.2, 0.25) is 17.7 Å². The first-order valence-electron chi connectivity index (χ1n) is 13.4. The number of aromatic amines is 1. The van der Waals surface area contributed by atoms with E-state index in [4.69, 9.17) is 10.8 Å². The number of nitrogens with one attached hydrogen (secondary N) is 4. The number of carbonyl (C=O) groups is 6. The molecule has 0 unspecified atom stereocenters. The van der Waals surface area contributed by atoms with Crippen LogP contribution in [0.2, 0.25) is 0 Å². The summed E-state index contributed by atoms with van der Waals surface area (Å²) in [6.45, 7) is 0. The molecule has 4 atom stereocenters. The van der Waals surface area contributed by atoms with Crippen LogP contribution in [0.25, 0.3) is 10.9 Å². The maximum absolute atomic E-state index is 13.5. The minimum atomic E-state index is -1.48. The average Bonchev–Trinajstić information content (AvgIpc) is 3.37. The SMILES string of the molecule is N[C@@H](CC(=O)O)C(=O)N[C@@H](Cc1c[nH]c2ccccc12)C(=O)N[C@@H](CCC(=O)O)C(=O)N[C@@H](Cc1ccccc1)C(=O)O. The number of para-hydroxylation sites is 1. The van der Waals surface area contributed by atoms with E-state index >= 15 is 0 Å². The fourth-order valence-electron chi connectivity index (χ4n) is 4.42. The smallest absolute Gasteiger partial charge is 0.326 e. The number of amides is 3. The minimum absolute atomic E-state index is 0.0672. The van der Waals surface area contributed by atoms with Gasteiger partial charge in [-0.1, -0.05) is 48.5 Å². The highest BCUT2D eigenvalue weighted by Crippen LogP contribution is 2.19. The van der Waals surface area contributed by atoms with Crippen LogP contribution in [-0.2, 0) is 41.6 Å². The van der Waals surface area contributed by atoms with Crippen LogP contribution in [0.15, 0.2) is 60.8 Å². The maximum Gasteiger partial charge on any atom is 0.326 e. The molecular weight excluding hydrogens is 562 g/mol. The van der Waals surface area contributed by atoms with Crippen molar-refractivity contribution in [3.8, 4) is 0 Å². The van der Waals surface area contributed by atoms with Gasteiger partial charge in [-0.25, -0.2) is 4.79 Å². The molecule has 3 amide bonds. The average molecular weight is 596 g/mol. The van der Waals surface area contributed by atoms with Crippen LogP contribution in [0.3, 0.4) is 0 Å². The summed E-state index contributed by atoms with van der Waals surface area (Å²) in [4.78, 5) is 76.7. The van der Waals surface area contributed by atoms with Crippen LogP contribution >= 0.6 is 0 Å². The van der Waals surface area contributed by atoms with E-state index in [1.165, 1.54) is 0 Å². The molecule has 43 heavy (non-hydrogen) atoms. The van der Waals surface area contributed by atoms with Gasteiger partial charge in [0.15, 0.2) is 0 Å². The number of carbonyl (C=O) groups excluding carboxylic acids is 3. The molecule has 14 nitrogen and oxygen atoms in total. The Morgan fingerprint density at radius 2 is 1.33 bits per heavy atom. The molecule has 0 saturated heterocycles. The first-order chi connectivity index (χ1) is 20.4. The molecule has 0 aliphatic rings. The van der Waals surface area contributed by atoms with Crippen LogP contribution in [0, 0.1) is 0 Å². The van der Waals surface area contributed by atoms with Crippen molar-refractivity contribution in [2.75, 3.05) is 0 Å². The molecule has 0 bridgehead atoms. The molecule has 1 heterocycles. The molecule has 1 aromatic heterocycles. The number of nitrogens with two attached hydrogens (primary N) is 1. The molecule has 14 heteroatoms. The summed E-state index contributed by atoms with van der Waals surface area (Å²) in [6, 6.07) is 9.99. The Bertz CT molecular complexity index is 1470. The van der Waals surface area contributed by atoms with Gasteiger partial charge in [-0.05, 0) is 23.6 Å². The third kappa shape index (κ3) is 9.67. The summed E-state index contributed by atoms with van der Waals surface area (Å²) in [6.07, 6.45) is -0.143. The number of carboxylic acids is 3. The Morgan fingerprint density at radius 3 is 1.98 bits per heavy atom. The zero-order valence-electron chi connectivity index (χ0n) is 23.0. The zero-order valence-corrected chi connectivity index (χ0v) is 23.0. The van der Waals surface area contributed by atoms with Crippen LogP contribution < -0.4 is 21.7 Å². The molecule has 9 N–H and O–H groups in total. The van der Waals surface area contributed by atoms with E-state index in [9.17, 15) is 39.0 Å². The van der Waals surface area contributed by atoms with Gasteiger partial charge in [0.1, 0.15) is 18.1 Å². The number of aromatic nitrogens is 1. The van der Waals surface area contributed by atoms with Gasteiger partial charge in [-0.15, -0.1) is 0 Å². The maximum atomic E-state index is 13.5. The Morgan fingerprint density at radius 1 is 0.721 bits per heavy atom. The number of hydrogen-bond donors (Lipinski definition) is 8. The lowest BCUT2D eigenvalue weighted by molar-refractivity contribution is -0.143. The lowest BCUT2D eigenvalue weighted by Crippen LogP contribution is -2.58. The van der Waals surface area contributed by atoms with Crippen LogP contribution in [0.4, 0.5) is 0 Å². The Labute approximate surface area is 245 Å². The van der Waals surface area contributed by atoms with Gasteiger partial charge in [0.25, 0.3) is 0 Å². The quantitative estimate of drug-likeness (QED) is 0.111. The summed E-state index contributed by atoms with van der Waals surface area (Å²) >= 11 is 0. The third-order valence-corrected chi connectivity index (χ3v) is 6.64. The second-order valence-corrected chi connectivity index (χ2v) is 9.91. The number of aliphatic carboxylic acids is 3. The highest BCUT2D eigenvalue weighted by Gasteiger charge is 2.31. The molecule has 228 valence electrons. The van der Waals surface area contributed by atoms with E-state index in [0.29, 0.717) is 11.1 Å². The molecule has 0 radical (unpaired) electrons. The highest BCUT2D eigenvalue weighted by molar-refractivity contribution is 5.95. The van der Waals surface area contributed by atoms with E-state index in [0.717, 1.165) is 10.9 Å². The van der Waals surface area contributed by atoms with Gasteiger partial charge in [-0.3, -0.25) is 24.0 Å². The summed E-state index contributed by atoms with van der Waals surface area (Å²) in [7, 11) is 0. The summed E-state index contributed by atoms with van der Waals surface area (Å²) in [5.74, 6) is -6.66. The predicted octanol–water partition coefficient (Wildman–Crippen LogP) is 0.159. The Hall–Kier alpha value is -5.24. The van der Waals surface area contributed by atoms with Crippen molar-refractivity contribution in [3.05, 3.63) is 71.9 Å². The van der Waals surface area contributed by atoms with Gasteiger partial charge in [-0.2, -0.15) is 0 Å². The molecule has 0 spiro atoms. The standard InChI is InChI=1S/C29H33N5O9/c30-19(14-25(37)38)26(39)33-22(13-17-15-31-20-9-5-4-8-18(17)20)28(41)32-21(10-11-24(35)36)27(40)34-23(29(42)43)12-16-6-2-1-3-7-16/h1-9,15,19,21-23,31H,10-14,30H2,(H,32,41)(H,33,39)(H,34,40)(H,35,36)(H,37,38)(H,42,43)/t19-,21-,22-,23-/m0/s1. The van der Waals surface area contributed by atoms with Crippen molar-refractivity contribution in [3.63, 3.8) is 0 Å². The first-order valence-corrected chi connectivity index (χ1v) is 13.4. The lowest BCUT2D eigenvalue weighted by Gasteiger charge is -2.25. The second kappa shape index (κ2) is 15.1. The normalized spacial score (nSPS) is 13.7. The molecular formula is C29H33N5O9. The van der Waals surface area contributed by atoms with Crippen molar-refractivity contribution in [2.45, 2.75) is 56.3 Å². The van der Waals surface area contributed by atoms with Gasteiger partial charge < -0.3 is 42.0 Å². The third-order valence-electron chi connectivity index (χ3n) is 6.64. The lowest BCUT2D eigenvalue weighted by atomic mass is 10.0. The Kier molecular flexibility index (Phi) is 11.3. The highest BCUT2D eigenvalue weighted by atomic mass is 16.4. The number of hydrogen-bond acceptors (Lipinski definition) is 7. The van der Waals surface area contributed by atoms with E-state index in [1.54, 1.807) is 60.8 Å². The topological polar surface area (TPSA) is 241 Å². The van der Waals surface area contributed by atoms with Crippen molar-refractivity contribution < 1.29 is 44.1 Å². The second-order valence-electron chi connectivity index (χ2n) is 9.91. The summed E-state index contributed by atoms with van der Waals surface area (Å²) in [5.41, 5.74) is 7.68. The molecule has 0 saturated carbocycles. The van der Waals surface area contributed by atoms with Crippen molar-refractivity contribution >= 4 is 46.5 Å². The fraction of sp³-hybridized carbons (Fsp3) is 0.310. The predicted molar refractivity (Wildman–Crippen MR) is 153 cm³/mol. The molecule has 3 aromatic rings. The number of rotatable bonds is 16. The van der Waals surface area contributed by atoms with Crippen molar-refractivity contribution in [1.29, 1.82) is 0 Å². The van der Waals surface area contributed by atoms with E-state index in [1.807, 2.05) is 0 Å². The number of carboxylic acid groups (broad SMARTS) is 3. The van der Waals surface area contributed by atoms with Gasteiger partial charge in [0, 0.05) is 36.4 Å². The van der Waals surface area contributed by atoms with Crippen LogP contribution in [0.5, 0.6) is 0 Å². The Balaban J connectivity index is 1.84. The minimum Gasteiger partial charge on any atom is -0.481 e. The van der Waals surface area contributed by atoms with Crippen molar-refractivity contribution in [1.82, 2.24) is 20.9 Å². The van der Waals surface area contributed by atoms with E-state index in [-0.39, 0.29) is 19.3 Å². The molecule has 0 aliphatic carbocycles. The number of benzene rings is 2. The molecule has 0 aliphatic heterocycles. The monoisotopic (exact) mass is 595 g/mol. The molecule has 0 fully saturated rings. The fourth-order valence-corrected chi connectivity index (χ4v) is 4.42. The molecule has 2 aromatic carbocycles. The summed E-state index contributed by atoms with van der Waals surface area (Å²) < 4.78 is 0. The van der Waals surface area contributed by atoms with Crippen LogP contribution in [0.1, 0.15) is 30.4 Å². The first kappa shape index (κ1) is 32.3. The number of H-pyrrole nitrogens is 1. The zero-order chi connectivity index (χ0) is 31.5. The number of fused-ring (bicyclic) bond motifs is 1. The van der Waals surface area contributed by atoms with E-state index in [2.05, 4.69) is 20.9 Å². The van der Waals surface area contributed by atoms with Gasteiger partial charge >= 0.3 is 17.9 Å².